The van der Waals surface area contributed by atoms with E-state index in [0.717, 1.165) is 5.69 Å². The zero-order valence-corrected chi connectivity index (χ0v) is 10.4. The second-order valence-electron chi connectivity index (χ2n) is 4.70. The first-order valence-corrected chi connectivity index (χ1v) is 5.88. The van der Waals surface area contributed by atoms with Crippen LogP contribution in [0, 0.1) is 23.0 Å². The zero-order valence-electron chi connectivity index (χ0n) is 10.4. The van der Waals surface area contributed by atoms with Gasteiger partial charge in [0.2, 0.25) is 0 Å². The summed E-state index contributed by atoms with van der Waals surface area (Å²) in [7, 11) is 3.69. The van der Waals surface area contributed by atoms with E-state index in [9.17, 15) is 10.1 Å². The minimum Gasteiger partial charge on any atom is -0.316 e. The Morgan fingerprint density at radius 2 is 2.29 bits per heavy atom. The van der Waals surface area contributed by atoms with Crippen LogP contribution in [0.15, 0.2) is 0 Å². The van der Waals surface area contributed by atoms with Crippen molar-refractivity contribution < 1.29 is 4.92 Å². The predicted octanol–water partition coefficient (Wildman–Crippen LogP) is 1.18. The van der Waals surface area contributed by atoms with E-state index in [1.54, 1.807) is 18.7 Å². The largest absolute Gasteiger partial charge is 0.316 e. The van der Waals surface area contributed by atoms with Crippen LogP contribution >= 0.6 is 0 Å². The lowest BCUT2D eigenvalue weighted by Gasteiger charge is -2.14. The van der Waals surface area contributed by atoms with Crippen molar-refractivity contribution in [1.29, 1.82) is 0 Å². The molecule has 1 heterocycles. The molecular weight excluding hydrogens is 220 g/mol. The minimum atomic E-state index is -0.322. The molecule has 1 unspecified atom stereocenters. The normalized spacial score (nSPS) is 17.1. The van der Waals surface area contributed by atoms with Crippen LogP contribution in [0.4, 0.5) is 5.69 Å². The van der Waals surface area contributed by atoms with Gasteiger partial charge in [-0.25, -0.2) is 0 Å². The molecule has 6 nitrogen and oxygen atoms in total. The van der Waals surface area contributed by atoms with Gasteiger partial charge in [0.1, 0.15) is 11.4 Å². The zero-order chi connectivity index (χ0) is 12.6. The summed E-state index contributed by atoms with van der Waals surface area (Å²) in [6.07, 6.45) is 3.11. The van der Waals surface area contributed by atoms with Gasteiger partial charge in [0.15, 0.2) is 0 Å². The van der Waals surface area contributed by atoms with Gasteiger partial charge in [-0.1, -0.05) is 0 Å². The van der Waals surface area contributed by atoms with Crippen molar-refractivity contribution >= 4 is 5.69 Å². The first kappa shape index (κ1) is 12.0. The fourth-order valence-electron chi connectivity index (χ4n) is 2.37. The standard InChI is InChI=1S/C11H18N4O2/c1-7-11(15(16)17)10(14(3)13-7)6-9(12-2)8-4-5-8/h8-9,12H,4-6H2,1-3H3. The van der Waals surface area contributed by atoms with Gasteiger partial charge in [-0.2, -0.15) is 5.10 Å². The number of aromatic nitrogens is 2. The number of nitro groups is 1. The third-order valence-electron chi connectivity index (χ3n) is 3.46. The molecule has 0 spiro atoms. The maximum atomic E-state index is 11.0. The second kappa shape index (κ2) is 4.44. The lowest BCUT2D eigenvalue weighted by Crippen LogP contribution is -2.30. The molecule has 1 saturated carbocycles. The van der Waals surface area contributed by atoms with Crippen molar-refractivity contribution in [2.75, 3.05) is 7.05 Å². The van der Waals surface area contributed by atoms with Crippen LogP contribution in [0.2, 0.25) is 0 Å². The number of hydrogen-bond acceptors (Lipinski definition) is 4. The van der Waals surface area contributed by atoms with Crippen LogP contribution in [0.1, 0.15) is 24.2 Å². The molecule has 0 radical (unpaired) electrons. The van der Waals surface area contributed by atoms with E-state index in [-0.39, 0.29) is 10.6 Å². The number of rotatable bonds is 5. The Kier molecular flexibility index (Phi) is 3.15. The molecule has 0 aromatic carbocycles. The number of aryl methyl sites for hydroxylation is 2. The smallest absolute Gasteiger partial charge is 0.313 e. The first-order chi connectivity index (χ1) is 8.04. The monoisotopic (exact) mass is 238 g/mol. The average Bonchev–Trinajstić information content (AvgIpc) is 3.02. The summed E-state index contributed by atoms with van der Waals surface area (Å²) in [5.41, 5.74) is 1.39. The van der Waals surface area contributed by atoms with E-state index in [1.165, 1.54) is 12.8 Å². The van der Waals surface area contributed by atoms with Crippen molar-refractivity contribution in [3.63, 3.8) is 0 Å². The lowest BCUT2D eigenvalue weighted by molar-refractivity contribution is -0.386. The molecule has 0 bridgehead atoms. The minimum absolute atomic E-state index is 0.174. The summed E-state index contributed by atoms with van der Waals surface area (Å²) in [5.74, 6) is 0.662. The molecule has 2 rings (SSSR count). The van der Waals surface area contributed by atoms with E-state index < -0.39 is 0 Å². The van der Waals surface area contributed by atoms with Crippen molar-refractivity contribution in [3.05, 3.63) is 21.5 Å². The van der Waals surface area contributed by atoms with Crippen LogP contribution < -0.4 is 5.32 Å². The van der Waals surface area contributed by atoms with Gasteiger partial charge in [-0.3, -0.25) is 14.8 Å². The molecule has 0 aliphatic heterocycles. The summed E-state index contributed by atoms with van der Waals surface area (Å²) in [6, 6.07) is 0.323. The highest BCUT2D eigenvalue weighted by Gasteiger charge is 2.33. The number of nitrogens with zero attached hydrogens (tertiary/aromatic N) is 3. The molecule has 1 aromatic heterocycles. The molecule has 1 N–H and O–H groups in total. The summed E-state index contributed by atoms with van der Waals surface area (Å²) < 4.78 is 1.64. The van der Waals surface area contributed by atoms with Gasteiger partial charge in [-0.05, 0) is 32.7 Å². The van der Waals surface area contributed by atoms with Crippen molar-refractivity contribution in [2.24, 2.45) is 13.0 Å². The second-order valence-corrected chi connectivity index (χ2v) is 4.70. The van der Waals surface area contributed by atoms with Gasteiger partial charge < -0.3 is 5.32 Å². The van der Waals surface area contributed by atoms with Crippen molar-refractivity contribution in [2.45, 2.75) is 32.2 Å². The Morgan fingerprint density at radius 3 is 2.76 bits per heavy atom. The Hall–Kier alpha value is -1.43. The van der Waals surface area contributed by atoms with Crippen molar-refractivity contribution in [3.8, 4) is 0 Å². The predicted molar refractivity (Wildman–Crippen MR) is 63.9 cm³/mol. The molecule has 1 aliphatic carbocycles. The topological polar surface area (TPSA) is 73.0 Å². The Balaban J connectivity index is 2.27. The van der Waals surface area contributed by atoms with Crippen molar-refractivity contribution in [1.82, 2.24) is 15.1 Å². The summed E-state index contributed by atoms with van der Waals surface area (Å²) in [4.78, 5) is 10.7. The highest BCUT2D eigenvalue weighted by Crippen LogP contribution is 2.35. The Labute approximate surface area is 100 Å². The molecule has 0 amide bonds. The molecule has 17 heavy (non-hydrogen) atoms. The van der Waals surface area contributed by atoms with Crippen LogP contribution in [-0.2, 0) is 13.5 Å². The summed E-state index contributed by atoms with van der Waals surface area (Å²) >= 11 is 0. The van der Waals surface area contributed by atoms with E-state index in [4.69, 9.17) is 0 Å². The molecular formula is C11H18N4O2. The summed E-state index contributed by atoms with van der Waals surface area (Å²) in [5, 5.41) is 18.4. The third-order valence-corrected chi connectivity index (χ3v) is 3.46. The quantitative estimate of drug-likeness (QED) is 0.617. The number of likely N-dealkylation sites (N-methyl/N-ethyl adjacent to an activating group) is 1. The van der Waals surface area contributed by atoms with Crippen LogP contribution in [0.25, 0.3) is 0 Å². The van der Waals surface area contributed by atoms with Gasteiger partial charge in [0.25, 0.3) is 0 Å². The van der Waals surface area contributed by atoms with E-state index >= 15 is 0 Å². The van der Waals surface area contributed by atoms with Gasteiger partial charge in [0.05, 0.1) is 4.92 Å². The van der Waals surface area contributed by atoms with Gasteiger partial charge in [0, 0.05) is 19.5 Å². The average molecular weight is 238 g/mol. The summed E-state index contributed by atoms with van der Waals surface area (Å²) in [6.45, 7) is 1.69. The van der Waals surface area contributed by atoms with E-state index in [0.29, 0.717) is 24.1 Å². The molecule has 94 valence electrons. The van der Waals surface area contributed by atoms with Crippen LogP contribution in [0.5, 0.6) is 0 Å². The van der Waals surface area contributed by atoms with E-state index in [2.05, 4.69) is 10.4 Å². The van der Waals surface area contributed by atoms with E-state index in [1.807, 2.05) is 7.05 Å². The molecule has 1 aliphatic rings. The fourth-order valence-corrected chi connectivity index (χ4v) is 2.37. The number of hydrogen-bond donors (Lipinski definition) is 1. The SMILES string of the molecule is CNC(Cc1c([N+](=O)[O-])c(C)nn1C)C1CC1. The maximum Gasteiger partial charge on any atom is 0.313 e. The highest BCUT2D eigenvalue weighted by atomic mass is 16.6. The molecule has 6 heteroatoms. The molecule has 0 saturated heterocycles. The number of nitrogens with one attached hydrogen (secondary N) is 1. The van der Waals surface area contributed by atoms with Gasteiger partial charge >= 0.3 is 5.69 Å². The van der Waals surface area contributed by atoms with Gasteiger partial charge in [-0.15, -0.1) is 0 Å². The molecule has 1 aromatic rings. The highest BCUT2D eigenvalue weighted by molar-refractivity contribution is 5.41. The Morgan fingerprint density at radius 1 is 1.65 bits per heavy atom. The lowest BCUT2D eigenvalue weighted by atomic mass is 10.1. The molecule has 1 atom stereocenters. The van der Waals surface area contributed by atoms with Crippen LogP contribution in [0.3, 0.4) is 0 Å². The fraction of sp³-hybridized carbons (Fsp3) is 0.727. The first-order valence-electron chi connectivity index (χ1n) is 5.88. The third kappa shape index (κ3) is 2.31. The maximum absolute atomic E-state index is 11.0. The Bertz CT molecular complexity index is 437. The van der Waals surface area contributed by atoms with Crippen LogP contribution in [-0.4, -0.2) is 27.8 Å². The molecule has 1 fully saturated rings.